The second kappa shape index (κ2) is 8.56. The molecule has 1 aliphatic rings. The number of rotatable bonds is 7. The number of aryl methyl sites for hydroxylation is 1. The molecule has 3 rings (SSSR count). The van der Waals surface area contributed by atoms with E-state index in [2.05, 4.69) is 25.5 Å². The first kappa shape index (κ1) is 18.7. The second-order valence-corrected chi connectivity index (χ2v) is 5.69. The van der Waals surface area contributed by atoms with Crippen LogP contribution in [0, 0.1) is 0 Å². The number of guanidine groups is 1. The Morgan fingerprint density at radius 3 is 2.78 bits per heavy atom. The molecular formula is C17H21F2N5O3. The Bertz CT molecular complexity index is 810. The number of hydrogen-bond acceptors (Lipinski definition) is 5. The number of ether oxygens (including phenoxy) is 3. The van der Waals surface area contributed by atoms with Gasteiger partial charge in [0.25, 0.3) is 0 Å². The Balaban J connectivity index is 1.75. The number of aliphatic imine (C=N–C) groups is 1. The van der Waals surface area contributed by atoms with E-state index in [-0.39, 0.29) is 19.1 Å². The van der Waals surface area contributed by atoms with Gasteiger partial charge in [0, 0.05) is 31.4 Å². The summed E-state index contributed by atoms with van der Waals surface area (Å²) in [6.45, 7) is 0.338. The van der Waals surface area contributed by atoms with Crippen molar-refractivity contribution in [1.82, 2.24) is 20.4 Å². The number of fused-ring (bicyclic) bond motifs is 1. The SMILES string of the molecule is CCNC(=NCc1cc2c(cc1OC(F)F)OCO2)NCc1ccnn1C. The van der Waals surface area contributed by atoms with Gasteiger partial charge in [-0.25, -0.2) is 4.99 Å². The van der Waals surface area contributed by atoms with Crippen molar-refractivity contribution >= 4 is 5.96 Å². The van der Waals surface area contributed by atoms with Crippen LogP contribution < -0.4 is 24.8 Å². The molecule has 2 aromatic rings. The molecule has 1 aromatic heterocycles. The van der Waals surface area contributed by atoms with E-state index in [4.69, 9.17) is 9.47 Å². The minimum atomic E-state index is -2.94. The first-order valence-corrected chi connectivity index (χ1v) is 8.43. The Kier molecular flexibility index (Phi) is 5.94. The standard InChI is InChI=1S/C17H21F2N5O3/c1-3-20-17(22-9-12-4-5-23-24(12)2)21-8-11-6-14-15(26-10-25-14)7-13(11)27-16(18)19/h4-7,16H,3,8-10H2,1-2H3,(H2,20,21,22). The van der Waals surface area contributed by atoms with Crippen LogP contribution in [0.25, 0.3) is 0 Å². The lowest BCUT2D eigenvalue weighted by Gasteiger charge is -2.13. The van der Waals surface area contributed by atoms with Crippen LogP contribution >= 0.6 is 0 Å². The average molecular weight is 381 g/mol. The van der Waals surface area contributed by atoms with Crippen molar-refractivity contribution < 1.29 is 23.0 Å². The highest BCUT2D eigenvalue weighted by molar-refractivity contribution is 5.79. The van der Waals surface area contributed by atoms with E-state index < -0.39 is 6.61 Å². The molecule has 8 nitrogen and oxygen atoms in total. The molecule has 0 unspecified atom stereocenters. The molecular weight excluding hydrogens is 360 g/mol. The highest BCUT2D eigenvalue weighted by Crippen LogP contribution is 2.39. The molecule has 0 saturated heterocycles. The lowest BCUT2D eigenvalue weighted by atomic mass is 10.1. The Morgan fingerprint density at radius 2 is 2.11 bits per heavy atom. The van der Waals surface area contributed by atoms with Gasteiger partial charge in [-0.05, 0) is 19.1 Å². The zero-order valence-corrected chi connectivity index (χ0v) is 15.0. The molecule has 0 atom stereocenters. The smallest absolute Gasteiger partial charge is 0.387 e. The molecule has 0 fully saturated rings. The van der Waals surface area contributed by atoms with Crippen LogP contribution in [0.15, 0.2) is 29.4 Å². The highest BCUT2D eigenvalue weighted by atomic mass is 19.3. The number of halogens is 2. The van der Waals surface area contributed by atoms with Crippen molar-refractivity contribution in [3.63, 3.8) is 0 Å². The summed E-state index contributed by atoms with van der Waals surface area (Å²) in [5.74, 6) is 1.41. The van der Waals surface area contributed by atoms with Crippen LogP contribution in [0.5, 0.6) is 17.2 Å². The van der Waals surface area contributed by atoms with E-state index in [9.17, 15) is 8.78 Å². The molecule has 1 aromatic carbocycles. The van der Waals surface area contributed by atoms with Gasteiger partial charge in [0.05, 0.1) is 18.8 Å². The summed E-state index contributed by atoms with van der Waals surface area (Å²) in [7, 11) is 1.85. The quantitative estimate of drug-likeness (QED) is 0.564. The van der Waals surface area contributed by atoms with E-state index in [1.165, 1.54) is 6.07 Å². The molecule has 27 heavy (non-hydrogen) atoms. The van der Waals surface area contributed by atoms with Gasteiger partial charge in [0.15, 0.2) is 17.5 Å². The van der Waals surface area contributed by atoms with Gasteiger partial charge in [-0.3, -0.25) is 4.68 Å². The van der Waals surface area contributed by atoms with E-state index in [0.29, 0.717) is 36.1 Å². The first-order valence-electron chi connectivity index (χ1n) is 8.43. The van der Waals surface area contributed by atoms with Gasteiger partial charge >= 0.3 is 6.61 Å². The molecule has 1 aliphatic heterocycles. The fourth-order valence-corrected chi connectivity index (χ4v) is 2.55. The van der Waals surface area contributed by atoms with Crippen molar-refractivity contribution in [3.05, 3.63) is 35.7 Å². The summed E-state index contributed by atoms with van der Waals surface area (Å²) in [4.78, 5) is 4.45. The van der Waals surface area contributed by atoms with Crippen LogP contribution in [0.1, 0.15) is 18.2 Å². The van der Waals surface area contributed by atoms with Crippen LogP contribution in [-0.2, 0) is 20.1 Å². The molecule has 0 radical (unpaired) electrons. The Hall–Kier alpha value is -3.04. The van der Waals surface area contributed by atoms with Crippen molar-refractivity contribution in [3.8, 4) is 17.2 Å². The van der Waals surface area contributed by atoms with Crippen molar-refractivity contribution in [2.45, 2.75) is 26.6 Å². The van der Waals surface area contributed by atoms with Gasteiger partial charge in [-0.2, -0.15) is 13.9 Å². The number of nitrogens with zero attached hydrogens (tertiary/aromatic N) is 3. The van der Waals surface area contributed by atoms with E-state index in [0.717, 1.165) is 5.69 Å². The van der Waals surface area contributed by atoms with Gasteiger partial charge < -0.3 is 24.8 Å². The van der Waals surface area contributed by atoms with Crippen molar-refractivity contribution in [1.29, 1.82) is 0 Å². The summed E-state index contributed by atoms with van der Waals surface area (Å²) < 4.78 is 42.3. The molecule has 0 saturated carbocycles. The third-order valence-electron chi connectivity index (χ3n) is 3.88. The monoisotopic (exact) mass is 381 g/mol. The van der Waals surface area contributed by atoms with Gasteiger partial charge in [0.2, 0.25) is 6.79 Å². The van der Waals surface area contributed by atoms with Crippen LogP contribution in [0.2, 0.25) is 0 Å². The molecule has 0 aliphatic carbocycles. The summed E-state index contributed by atoms with van der Waals surface area (Å²) >= 11 is 0. The Labute approximate surface area is 155 Å². The fraction of sp³-hybridized carbons (Fsp3) is 0.412. The first-order chi connectivity index (χ1) is 13.1. The molecule has 2 heterocycles. The van der Waals surface area contributed by atoms with E-state index in [1.807, 2.05) is 20.0 Å². The normalized spacial score (nSPS) is 13.1. The number of aromatic nitrogens is 2. The maximum Gasteiger partial charge on any atom is 0.387 e. The fourth-order valence-electron chi connectivity index (χ4n) is 2.55. The molecule has 2 N–H and O–H groups in total. The lowest BCUT2D eigenvalue weighted by Crippen LogP contribution is -2.37. The van der Waals surface area contributed by atoms with Gasteiger partial charge in [0.1, 0.15) is 5.75 Å². The molecule has 10 heteroatoms. The minimum absolute atomic E-state index is 0.0143. The van der Waals surface area contributed by atoms with Crippen LogP contribution in [0.3, 0.4) is 0 Å². The van der Waals surface area contributed by atoms with Crippen LogP contribution in [0.4, 0.5) is 8.78 Å². The topological polar surface area (TPSA) is 81.9 Å². The number of benzene rings is 1. The molecule has 146 valence electrons. The lowest BCUT2D eigenvalue weighted by molar-refractivity contribution is -0.0505. The maximum absolute atomic E-state index is 12.7. The summed E-state index contributed by atoms with van der Waals surface area (Å²) in [5.41, 5.74) is 1.45. The molecule has 0 amide bonds. The van der Waals surface area contributed by atoms with Gasteiger partial charge in [-0.1, -0.05) is 0 Å². The van der Waals surface area contributed by atoms with Crippen molar-refractivity contribution in [2.75, 3.05) is 13.3 Å². The highest BCUT2D eigenvalue weighted by Gasteiger charge is 2.20. The summed E-state index contributed by atoms with van der Waals surface area (Å²) in [6.07, 6.45) is 1.71. The maximum atomic E-state index is 12.7. The Morgan fingerprint density at radius 1 is 1.33 bits per heavy atom. The van der Waals surface area contributed by atoms with E-state index >= 15 is 0 Å². The summed E-state index contributed by atoms with van der Waals surface area (Å²) in [5, 5.41) is 10.4. The predicted octanol–water partition coefficient (Wildman–Crippen LogP) is 2.01. The zero-order chi connectivity index (χ0) is 19.2. The largest absolute Gasteiger partial charge is 0.454 e. The third-order valence-corrected chi connectivity index (χ3v) is 3.88. The molecule has 0 bridgehead atoms. The van der Waals surface area contributed by atoms with Crippen molar-refractivity contribution in [2.24, 2.45) is 12.0 Å². The third kappa shape index (κ3) is 4.78. The number of alkyl halides is 2. The number of hydrogen-bond donors (Lipinski definition) is 2. The minimum Gasteiger partial charge on any atom is -0.454 e. The number of nitrogens with one attached hydrogen (secondary N) is 2. The predicted molar refractivity (Wildman–Crippen MR) is 94.1 cm³/mol. The zero-order valence-electron chi connectivity index (χ0n) is 15.0. The average Bonchev–Trinajstić information content (AvgIpc) is 3.25. The van der Waals surface area contributed by atoms with Gasteiger partial charge in [-0.15, -0.1) is 0 Å². The molecule has 0 spiro atoms. The van der Waals surface area contributed by atoms with E-state index in [1.54, 1.807) is 16.9 Å². The summed E-state index contributed by atoms with van der Waals surface area (Å²) in [6, 6.07) is 4.90. The second-order valence-electron chi connectivity index (χ2n) is 5.69. The van der Waals surface area contributed by atoms with Crippen LogP contribution in [-0.4, -0.2) is 35.7 Å².